The van der Waals surface area contributed by atoms with Crippen LogP contribution in [0.1, 0.15) is 33.3 Å². The number of hydrogen-bond acceptors (Lipinski definition) is 3. The fourth-order valence-electron chi connectivity index (χ4n) is 2.14. The molecule has 0 saturated carbocycles. The number of benzene rings is 1. The van der Waals surface area contributed by atoms with Gasteiger partial charge in [-0.05, 0) is 43.2 Å². The third-order valence-corrected chi connectivity index (χ3v) is 3.76. The molecule has 4 nitrogen and oxygen atoms in total. The van der Waals surface area contributed by atoms with Crippen molar-refractivity contribution in [1.82, 2.24) is 10.3 Å². The Hall–Kier alpha value is -1.62. The first-order chi connectivity index (χ1) is 10.4. The Morgan fingerprint density at radius 2 is 1.91 bits per heavy atom. The maximum absolute atomic E-state index is 12.2. The van der Waals surface area contributed by atoms with E-state index in [0.29, 0.717) is 16.1 Å². The lowest BCUT2D eigenvalue weighted by Gasteiger charge is -2.14. The summed E-state index contributed by atoms with van der Waals surface area (Å²) >= 11 is 11.8. The van der Waals surface area contributed by atoms with E-state index in [1.807, 2.05) is 6.92 Å². The van der Waals surface area contributed by atoms with Gasteiger partial charge in [-0.15, -0.1) is 0 Å². The molecule has 22 heavy (non-hydrogen) atoms. The van der Waals surface area contributed by atoms with Crippen LogP contribution in [-0.4, -0.2) is 22.5 Å². The monoisotopic (exact) mass is 338 g/mol. The quantitative estimate of drug-likeness (QED) is 0.839. The van der Waals surface area contributed by atoms with E-state index in [4.69, 9.17) is 23.2 Å². The van der Waals surface area contributed by atoms with Gasteiger partial charge in [-0.25, -0.2) is 4.98 Å². The molecule has 116 valence electrons. The summed E-state index contributed by atoms with van der Waals surface area (Å²) in [6.45, 7) is 3.68. The number of hydrogen-bond donors (Lipinski definition) is 2. The fraction of sp³-hybridized carbons (Fsp3) is 0.250. The SMILES string of the molecule is Cc1cc(C)c(C(=O)NCC(O)c2ccc(Cl)cc2)c(Cl)n1. The van der Waals surface area contributed by atoms with Crippen LogP contribution >= 0.6 is 23.2 Å². The molecule has 0 aliphatic carbocycles. The van der Waals surface area contributed by atoms with Crippen molar-refractivity contribution in [1.29, 1.82) is 0 Å². The van der Waals surface area contributed by atoms with E-state index in [1.54, 1.807) is 37.3 Å². The molecule has 0 radical (unpaired) electrons. The summed E-state index contributed by atoms with van der Waals surface area (Å²) in [5, 5.41) is 13.5. The number of halogens is 2. The van der Waals surface area contributed by atoms with Gasteiger partial charge in [-0.2, -0.15) is 0 Å². The second kappa shape index (κ2) is 7.09. The molecule has 0 saturated heterocycles. The van der Waals surface area contributed by atoms with Crippen LogP contribution in [0.2, 0.25) is 10.2 Å². The van der Waals surface area contributed by atoms with Crippen LogP contribution in [-0.2, 0) is 0 Å². The fourth-order valence-corrected chi connectivity index (χ4v) is 2.64. The van der Waals surface area contributed by atoms with Crippen molar-refractivity contribution in [3.8, 4) is 0 Å². The van der Waals surface area contributed by atoms with Crippen molar-refractivity contribution in [3.05, 3.63) is 62.9 Å². The topological polar surface area (TPSA) is 62.2 Å². The summed E-state index contributed by atoms with van der Waals surface area (Å²) in [4.78, 5) is 16.3. The number of carbonyl (C=O) groups is 1. The molecule has 1 heterocycles. The van der Waals surface area contributed by atoms with E-state index in [0.717, 1.165) is 11.3 Å². The number of rotatable bonds is 4. The lowest BCUT2D eigenvalue weighted by atomic mass is 10.1. The van der Waals surface area contributed by atoms with E-state index in [-0.39, 0.29) is 17.6 Å². The number of pyridine rings is 1. The summed E-state index contributed by atoms with van der Waals surface area (Å²) in [5.74, 6) is -0.358. The van der Waals surface area contributed by atoms with Crippen LogP contribution in [0.25, 0.3) is 0 Å². The molecule has 0 fully saturated rings. The zero-order valence-electron chi connectivity index (χ0n) is 12.2. The highest BCUT2D eigenvalue weighted by Crippen LogP contribution is 2.19. The van der Waals surface area contributed by atoms with Gasteiger partial charge < -0.3 is 10.4 Å². The third kappa shape index (κ3) is 3.97. The normalized spacial score (nSPS) is 12.0. The number of aliphatic hydroxyl groups is 1. The molecule has 0 aliphatic heterocycles. The smallest absolute Gasteiger partial charge is 0.254 e. The van der Waals surface area contributed by atoms with Gasteiger partial charge in [-0.3, -0.25) is 4.79 Å². The zero-order chi connectivity index (χ0) is 16.3. The standard InChI is InChI=1S/C16H16Cl2N2O2/c1-9-7-10(2)20-15(18)14(9)16(22)19-8-13(21)11-3-5-12(17)6-4-11/h3-7,13,21H,8H2,1-2H3,(H,19,22). The van der Waals surface area contributed by atoms with E-state index in [2.05, 4.69) is 10.3 Å². The van der Waals surface area contributed by atoms with E-state index < -0.39 is 6.10 Å². The highest BCUT2D eigenvalue weighted by molar-refractivity contribution is 6.32. The lowest BCUT2D eigenvalue weighted by molar-refractivity contribution is 0.0915. The Kier molecular flexibility index (Phi) is 5.40. The number of carbonyl (C=O) groups excluding carboxylic acids is 1. The van der Waals surface area contributed by atoms with Gasteiger partial charge in [0.1, 0.15) is 5.15 Å². The van der Waals surface area contributed by atoms with Crippen molar-refractivity contribution in [2.75, 3.05) is 6.54 Å². The second-order valence-corrected chi connectivity index (χ2v) is 5.82. The molecular formula is C16H16Cl2N2O2. The third-order valence-electron chi connectivity index (χ3n) is 3.24. The van der Waals surface area contributed by atoms with Gasteiger partial charge in [0.05, 0.1) is 11.7 Å². The maximum Gasteiger partial charge on any atom is 0.254 e. The van der Waals surface area contributed by atoms with E-state index in [9.17, 15) is 9.90 Å². The van der Waals surface area contributed by atoms with Gasteiger partial charge in [0.2, 0.25) is 0 Å². The van der Waals surface area contributed by atoms with E-state index >= 15 is 0 Å². The van der Waals surface area contributed by atoms with Crippen molar-refractivity contribution in [3.63, 3.8) is 0 Å². The predicted octanol–water partition coefficient (Wildman–Crippen LogP) is 3.47. The van der Waals surface area contributed by atoms with Gasteiger partial charge in [0.15, 0.2) is 0 Å². The van der Waals surface area contributed by atoms with Crippen molar-refractivity contribution in [2.24, 2.45) is 0 Å². The molecule has 1 atom stereocenters. The van der Waals surface area contributed by atoms with Crippen LogP contribution < -0.4 is 5.32 Å². The first kappa shape index (κ1) is 16.7. The minimum absolute atomic E-state index is 0.0735. The summed E-state index contributed by atoms with van der Waals surface area (Å²) in [7, 11) is 0. The van der Waals surface area contributed by atoms with Crippen LogP contribution in [0.15, 0.2) is 30.3 Å². The first-order valence-corrected chi connectivity index (χ1v) is 7.49. The molecule has 1 unspecified atom stereocenters. The molecule has 0 aliphatic rings. The number of amides is 1. The molecular weight excluding hydrogens is 323 g/mol. The van der Waals surface area contributed by atoms with E-state index in [1.165, 1.54) is 0 Å². The van der Waals surface area contributed by atoms with Gasteiger partial charge in [-0.1, -0.05) is 35.3 Å². The van der Waals surface area contributed by atoms with Gasteiger partial charge in [0.25, 0.3) is 5.91 Å². The van der Waals surface area contributed by atoms with Crippen molar-refractivity contribution < 1.29 is 9.90 Å². The Morgan fingerprint density at radius 1 is 1.27 bits per heavy atom. The lowest BCUT2D eigenvalue weighted by Crippen LogP contribution is -2.29. The van der Waals surface area contributed by atoms with Crippen molar-refractivity contribution in [2.45, 2.75) is 20.0 Å². The number of aromatic nitrogens is 1. The summed E-state index contributed by atoms with van der Waals surface area (Å²) in [5.41, 5.74) is 2.50. The first-order valence-electron chi connectivity index (χ1n) is 6.74. The zero-order valence-corrected chi connectivity index (χ0v) is 13.7. The molecule has 2 rings (SSSR count). The summed E-state index contributed by atoms with van der Waals surface area (Å²) < 4.78 is 0. The highest BCUT2D eigenvalue weighted by atomic mass is 35.5. The number of nitrogens with one attached hydrogen (secondary N) is 1. The second-order valence-electron chi connectivity index (χ2n) is 5.02. The Labute approximate surface area is 139 Å². The average Bonchev–Trinajstić information content (AvgIpc) is 2.44. The molecule has 1 amide bonds. The molecule has 0 spiro atoms. The Bertz CT molecular complexity index is 664. The van der Waals surface area contributed by atoms with Gasteiger partial charge >= 0.3 is 0 Å². The summed E-state index contributed by atoms with van der Waals surface area (Å²) in [6.07, 6.45) is -0.821. The van der Waals surface area contributed by atoms with Crippen LogP contribution in [0, 0.1) is 13.8 Å². The highest BCUT2D eigenvalue weighted by Gasteiger charge is 2.17. The van der Waals surface area contributed by atoms with Crippen LogP contribution in [0.3, 0.4) is 0 Å². The molecule has 0 bridgehead atoms. The number of nitrogens with zero attached hydrogens (tertiary/aromatic N) is 1. The predicted molar refractivity (Wildman–Crippen MR) is 87.5 cm³/mol. The average molecular weight is 339 g/mol. The minimum Gasteiger partial charge on any atom is -0.387 e. The minimum atomic E-state index is -0.821. The maximum atomic E-state index is 12.2. The molecule has 2 N–H and O–H groups in total. The van der Waals surface area contributed by atoms with Crippen LogP contribution in [0.4, 0.5) is 0 Å². The van der Waals surface area contributed by atoms with Crippen LogP contribution in [0.5, 0.6) is 0 Å². The number of aliphatic hydroxyl groups excluding tert-OH is 1. The summed E-state index contributed by atoms with van der Waals surface area (Å²) in [6, 6.07) is 8.59. The molecule has 6 heteroatoms. The Morgan fingerprint density at radius 3 is 2.50 bits per heavy atom. The Balaban J connectivity index is 2.05. The van der Waals surface area contributed by atoms with Crippen molar-refractivity contribution >= 4 is 29.1 Å². The largest absolute Gasteiger partial charge is 0.387 e. The molecule has 1 aromatic heterocycles. The molecule has 2 aromatic rings. The molecule has 1 aromatic carbocycles. The number of aryl methyl sites for hydroxylation is 2. The van der Waals surface area contributed by atoms with Gasteiger partial charge in [0, 0.05) is 17.3 Å².